The van der Waals surface area contributed by atoms with E-state index in [9.17, 15) is 18.0 Å². The number of sulfonamides is 1. The predicted molar refractivity (Wildman–Crippen MR) is 169 cm³/mol. The fraction of sp³-hybridized carbons (Fsp3) is 0.171. The van der Waals surface area contributed by atoms with Crippen LogP contribution in [0.4, 0.5) is 5.69 Å². The van der Waals surface area contributed by atoms with Gasteiger partial charge in [-0.05, 0) is 79.9 Å². The van der Waals surface area contributed by atoms with E-state index in [1.54, 1.807) is 42.6 Å². The molecule has 2 heterocycles. The quantitative estimate of drug-likeness (QED) is 0.200. The Hall–Kier alpha value is -4.86. The van der Waals surface area contributed by atoms with Gasteiger partial charge in [-0.25, -0.2) is 8.42 Å². The highest BCUT2D eigenvalue weighted by Gasteiger charge is 2.45. The van der Waals surface area contributed by atoms with E-state index in [1.807, 2.05) is 60.7 Å². The normalized spacial score (nSPS) is 15.0. The Bertz CT molecular complexity index is 1930. The molecule has 0 atom stereocenters. The smallest absolute Gasteiger partial charge is 0.243 e. The molecule has 222 valence electrons. The summed E-state index contributed by atoms with van der Waals surface area (Å²) in [6.07, 6.45) is 2.30. The van der Waals surface area contributed by atoms with E-state index in [2.05, 4.69) is 10.3 Å². The summed E-state index contributed by atoms with van der Waals surface area (Å²) in [5.41, 5.74) is 1.68. The molecule has 5 aromatic rings. The van der Waals surface area contributed by atoms with Gasteiger partial charge in [0.25, 0.3) is 0 Å². The molecule has 1 N–H and O–H groups in total. The van der Waals surface area contributed by atoms with Crippen LogP contribution in [-0.4, -0.2) is 42.5 Å². The minimum atomic E-state index is -3.85. The molecule has 4 aromatic carbocycles. The maximum absolute atomic E-state index is 14.0. The van der Waals surface area contributed by atoms with Gasteiger partial charge in [-0.15, -0.1) is 0 Å². The molecule has 0 unspecified atom stereocenters. The SMILES string of the molecule is CC(=O)c1cccc(S(=O)(=O)N2CCC(C(=O)Nc3ccc(Oc4ccnc5ccccc45)cc3)(c3ccccc3)CC2)c1. The first kappa shape index (κ1) is 29.2. The highest BCUT2D eigenvalue weighted by atomic mass is 32.2. The fourth-order valence-electron chi connectivity index (χ4n) is 5.68. The summed E-state index contributed by atoms with van der Waals surface area (Å²) in [7, 11) is -3.85. The van der Waals surface area contributed by atoms with Crippen molar-refractivity contribution in [1.29, 1.82) is 0 Å². The van der Waals surface area contributed by atoms with E-state index in [0.717, 1.165) is 16.5 Å². The molecule has 8 nitrogen and oxygen atoms in total. The first-order chi connectivity index (χ1) is 21.3. The minimum absolute atomic E-state index is 0.0731. The predicted octanol–water partition coefficient (Wildman–Crippen LogP) is 6.59. The number of fused-ring (bicyclic) bond motifs is 1. The zero-order valence-corrected chi connectivity index (χ0v) is 25.0. The van der Waals surface area contributed by atoms with E-state index in [0.29, 0.717) is 35.6 Å². The Balaban J connectivity index is 1.20. The molecular weight excluding hydrogens is 574 g/mol. The van der Waals surface area contributed by atoms with Crippen LogP contribution in [0.2, 0.25) is 0 Å². The summed E-state index contributed by atoms with van der Waals surface area (Å²) in [4.78, 5) is 30.3. The van der Waals surface area contributed by atoms with Crippen molar-refractivity contribution in [3.63, 3.8) is 0 Å². The molecule has 6 rings (SSSR count). The van der Waals surface area contributed by atoms with E-state index in [-0.39, 0.29) is 29.7 Å². The number of ketones is 1. The van der Waals surface area contributed by atoms with Crippen molar-refractivity contribution in [1.82, 2.24) is 9.29 Å². The van der Waals surface area contributed by atoms with Crippen LogP contribution in [0.5, 0.6) is 11.5 Å². The van der Waals surface area contributed by atoms with Gasteiger partial charge < -0.3 is 10.1 Å². The van der Waals surface area contributed by atoms with Crippen molar-refractivity contribution < 1.29 is 22.7 Å². The van der Waals surface area contributed by atoms with Crippen molar-refractivity contribution in [2.75, 3.05) is 18.4 Å². The Labute approximate surface area is 256 Å². The minimum Gasteiger partial charge on any atom is -0.457 e. The summed E-state index contributed by atoms with van der Waals surface area (Å²) in [5.74, 6) is 0.897. The molecule has 0 spiro atoms. The Morgan fingerprint density at radius 3 is 2.27 bits per heavy atom. The van der Waals surface area contributed by atoms with E-state index >= 15 is 0 Å². The lowest BCUT2D eigenvalue weighted by atomic mass is 9.72. The largest absolute Gasteiger partial charge is 0.457 e. The number of rotatable bonds is 8. The monoisotopic (exact) mass is 605 g/mol. The van der Waals surface area contributed by atoms with Gasteiger partial charge in [0, 0.05) is 35.9 Å². The summed E-state index contributed by atoms with van der Waals surface area (Å²) in [6.45, 7) is 1.71. The zero-order valence-electron chi connectivity index (χ0n) is 24.1. The number of ether oxygens (including phenoxy) is 1. The number of nitrogens with one attached hydrogen (secondary N) is 1. The van der Waals surface area contributed by atoms with Gasteiger partial charge >= 0.3 is 0 Å². The number of aromatic nitrogens is 1. The molecule has 0 aliphatic carbocycles. The number of carbonyl (C=O) groups excluding carboxylic acids is 2. The summed E-state index contributed by atoms with van der Waals surface area (Å²) in [5, 5.41) is 3.97. The third-order valence-electron chi connectivity index (χ3n) is 8.16. The third-order valence-corrected chi connectivity index (χ3v) is 10.1. The zero-order chi connectivity index (χ0) is 30.7. The number of pyridine rings is 1. The van der Waals surface area contributed by atoms with Gasteiger partial charge in [0.2, 0.25) is 15.9 Å². The Morgan fingerprint density at radius 1 is 0.841 bits per heavy atom. The van der Waals surface area contributed by atoms with Crippen molar-refractivity contribution in [3.05, 3.63) is 127 Å². The maximum atomic E-state index is 14.0. The number of hydrogen-bond acceptors (Lipinski definition) is 6. The topological polar surface area (TPSA) is 106 Å². The molecule has 0 radical (unpaired) electrons. The molecule has 1 aliphatic rings. The summed E-state index contributed by atoms with van der Waals surface area (Å²) in [6, 6.07) is 32.3. The molecule has 0 bridgehead atoms. The summed E-state index contributed by atoms with van der Waals surface area (Å²) < 4.78 is 34.5. The molecule has 1 saturated heterocycles. The van der Waals surface area contributed by atoms with Crippen molar-refractivity contribution in [3.8, 4) is 11.5 Å². The second kappa shape index (κ2) is 12.0. The van der Waals surface area contributed by atoms with Crippen LogP contribution < -0.4 is 10.1 Å². The summed E-state index contributed by atoms with van der Waals surface area (Å²) >= 11 is 0. The number of para-hydroxylation sites is 1. The average Bonchev–Trinajstić information content (AvgIpc) is 3.06. The van der Waals surface area contributed by atoms with Gasteiger partial charge in [0.05, 0.1) is 15.8 Å². The highest BCUT2D eigenvalue weighted by Crippen LogP contribution is 2.39. The number of hydrogen-bond donors (Lipinski definition) is 1. The van der Waals surface area contributed by atoms with Crippen LogP contribution >= 0.6 is 0 Å². The number of nitrogens with zero attached hydrogens (tertiary/aromatic N) is 2. The van der Waals surface area contributed by atoms with E-state index in [1.165, 1.54) is 23.4 Å². The van der Waals surface area contributed by atoms with Gasteiger partial charge in [-0.1, -0.05) is 54.6 Å². The lowest BCUT2D eigenvalue weighted by Gasteiger charge is -2.40. The van der Waals surface area contributed by atoms with Crippen LogP contribution in [0.25, 0.3) is 10.9 Å². The standard InChI is InChI=1S/C35H31N3O5S/c1-25(39)26-8-7-11-30(24-26)44(41,42)38-22-19-35(20-23-38,27-9-3-2-4-10-27)34(40)37-28-14-16-29(17-15-28)43-33-18-21-36-32-13-6-5-12-31(32)33/h2-18,21,24H,19-20,22-23H2,1H3,(H,37,40). The lowest BCUT2D eigenvalue weighted by Crippen LogP contribution is -2.50. The van der Waals surface area contributed by atoms with E-state index < -0.39 is 15.4 Å². The van der Waals surface area contributed by atoms with Crippen molar-refractivity contribution in [2.45, 2.75) is 30.1 Å². The molecule has 1 fully saturated rings. The van der Waals surface area contributed by atoms with Gasteiger partial charge in [0.15, 0.2) is 5.78 Å². The number of benzene rings is 4. The molecular formula is C35H31N3O5S. The molecule has 0 saturated carbocycles. The van der Waals surface area contributed by atoms with Crippen LogP contribution in [0.3, 0.4) is 0 Å². The Kier molecular flexibility index (Phi) is 7.99. The lowest BCUT2D eigenvalue weighted by molar-refractivity contribution is -0.123. The number of piperidine rings is 1. The van der Waals surface area contributed by atoms with Crippen LogP contribution in [0, 0.1) is 0 Å². The van der Waals surface area contributed by atoms with Crippen molar-refractivity contribution in [2.24, 2.45) is 0 Å². The third kappa shape index (κ3) is 5.71. The number of carbonyl (C=O) groups is 2. The second-order valence-electron chi connectivity index (χ2n) is 10.8. The van der Waals surface area contributed by atoms with Gasteiger partial charge in [-0.3, -0.25) is 14.6 Å². The van der Waals surface area contributed by atoms with E-state index in [4.69, 9.17) is 4.74 Å². The van der Waals surface area contributed by atoms with Crippen LogP contribution in [-0.2, 0) is 20.2 Å². The number of Topliss-reactive ketones (excluding diaryl/α,β-unsaturated/α-hetero) is 1. The number of amides is 1. The molecule has 1 amide bonds. The van der Waals surface area contributed by atoms with Gasteiger partial charge in [-0.2, -0.15) is 4.31 Å². The molecule has 44 heavy (non-hydrogen) atoms. The average molecular weight is 606 g/mol. The maximum Gasteiger partial charge on any atom is 0.243 e. The Morgan fingerprint density at radius 2 is 1.55 bits per heavy atom. The number of anilines is 1. The molecule has 1 aromatic heterocycles. The first-order valence-corrected chi connectivity index (χ1v) is 15.8. The first-order valence-electron chi connectivity index (χ1n) is 14.4. The van der Waals surface area contributed by atoms with Crippen LogP contribution in [0.1, 0.15) is 35.7 Å². The molecule has 1 aliphatic heterocycles. The molecule has 9 heteroatoms. The van der Waals surface area contributed by atoms with Crippen molar-refractivity contribution >= 4 is 38.3 Å². The van der Waals surface area contributed by atoms with Crippen LogP contribution in [0.15, 0.2) is 120 Å². The second-order valence-corrected chi connectivity index (χ2v) is 12.8. The highest BCUT2D eigenvalue weighted by molar-refractivity contribution is 7.89. The fourth-order valence-corrected chi connectivity index (χ4v) is 7.17. The van der Waals surface area contributed by atoms with Gasteiger partial charge in [0.1, 0.15) is 11.5 Å².